The van der Waals surface area contributed by atoms with E-state index in [1.54, 1.807) is 6.92 Å². The molecule has 0 saturated carbocycles. The number of nitrogens with one attached hydrogen (secondary N) is 1. The SMILES string of the molecule is CCCCCCCCCCCCCCCCCCC(NC(=O)CC)=C(O)O. The van der Waals surface area contributed by atoms with E-state index in [9.17, 15) is 15.0 Å². The van der Waals surface area contributed by atoms with Gasteiger partial charge < -0.3 is 15.5 Å². The maximum absolute atomic E-state index is 11.3. The van der Waals surface area contributed by atoms with Gasteiger partial charge in [-0.15, -0.1) is 0 Å². The highest BCUT2D eigenvalue weighted by atomic mass is 16.5. The average molecular weight is 384 g/mol. The third kappa shape index (κ3) is 18.0. The molecule has 3 N–H and O–H groups in total. The Morgan fingerprint density at radius 2 is 1.00 bits per heavy atom. The molecule has 0 aromatic carbocycles. The second kappa shape index (κ2) is 19.6. The fourth-order valence-electron chi connectivity index (χ4n) is 3.34. The van der Waals surface area contributed by atoms with Crippen LogP contribution in [0.2, 0.25) is 0 Å². The summed E-state index contributed by atoms with van der Waals surface area (Å²) in [5, 5.41) is 21.0. The number of aliphatic hydroxyl groups is 2. The fraction of sp³-hybridized carbons (Fsp3) is 0.870. The Morgan fingerprint density at radius 3 is 1.33 bits per heavy atom. The molecule has 160 valence electrons. The zero-order valence-electron chi connectivity index (χ0n) is 18.0. The van der Waals surface area contributed by atoms with Crippen molar-refractivity contribution in [2.45, 2.75) is 129 Å². The average Bonchev–Trinajstić information content (AvgIpc) is 2.66. The quantitative estimate of drug-likeness (QED) is 0.160. The minimum atomic E-state index is -0.752. The lowest BCUT2D eigenvalue weighted by atomic mass is 10.0. The molecule has 0 spiro atoms. The van der Waals surface area contributed by atoms with E-state index in [2.05, 4.69) is 12.2 Å². The molecule has 4 heteroatoms. The summed E-state index contributed by atoms with van der Waals surface area (Å²) in [5.41, 5.74) is 0.257. The minimum Gasteiger partial charge on any atom is -0.480 e. The van der Waals surface area contributed by atoms with Crippen LogP contribution in [-0.4, -0.2) is 16.1 Å². The van der Waals surface area contributed by atoms with Crippen molar-refractivity contribution in [2.24, 2.45) is 0 Å². The van der Waals surface area contributed by atoms with Gasteiger partial charge in [0.2, 0.25) is 5.91 Å². The lowest BCUT2D eigenvalue weighted by Crippen LogP contribution is -2.23. The van der Waals surface area contributed by atoms with Crippen molar-refractivity contribution >= 4 is 5.91 Å². The van der Waals surface area contributed by atoms with Crippen molar-refractivity contribution in [3.8, 4) is 0 Å². The first-order valence-electron chi connectivity index (χ1n) is 11.5. The lowest BCUT2D eigenvalue weighted by molar-refractivity contribution is -0.120. The summed E-state index contributed by atoms with van der Waals surface area (Å²) >= 11 is 0. The number of allylic oxidation sites excluding steroid dienone is 1. The van der Waals surface area contributed by atoms with Crippen molar-refractivity contribution < 1.29 is 15.0 Å². The van der Waals surface area contributed by atoms with Crippen molar-refractivity contribution in [3.05, 3.63) is 11.6 Å². The monoisotopic (exact) mass is 383 g/mol. The van der Waals surface area contributed by atoms with Crippen LogP contribution >= 0.6 is 0 Å². The molecule has 0 heterocycles. The third-order valence-electron chi connectivity index (χ3n) is 5.16. The number of aliphatic hydroxyl groups excluding tert-OH is 1. The predicted octanol–water partition coefficient (Wildman–Crippen LogP) is 7.45. The van der Waals surface area contributed by atoms with Crippen LogP contribution in [-0.2, 0) is 4.79 Å². The summed E-state index contributed by atoms with van der Waals surface area (Å²) in [6.07, 6.45) is 21.9. The molecule has 4 nitrogen and oxygen atoms in total. The standard InChI is InChI=1S/C23H45NO3/c1-3-5-6-7-8-9-10-11-12-13-14-15-16-17-18-19-20-21(23(26)27)24-22(25)4-2/h26-27H,3-20H2,1-2H3,(H,24,25). The van der Waals surface area contributed by atoms with E-state index in [0.29, 0.717) is 12.8 Å². The van der Waals surface area contributed by atoms with Crippen LogP contribution in [0.5, 0.6) is 0 Å². The first-order valence-corrected chi connectivity index (χ1v) is 11.5. The molecule has 0 aromatic rings. The molecule has 0 rings (SSSR count). The summed E-state index contributed by atoms with van der Waals surface area (Å²) in [7, 11) is 0. The molecule has 27 heavy (non-hydrogen) atoms. The normalized spacial score (nSPS) is 10.7. The van der Waals surface area contributed by atoms with Crippen molar-refractivity contribution in [3.63, 3.8) is 0 Å². The number of hydrogen-bond donors (Lipinski definition) is 3. The Balaban J connectivity index is 3.35. The van der Waals surface area contributed by atoms with Crippen LogP contribution in [0.3, 0.4) is 0 Å². The minimum absolute atomic E-state index is 0.179. The molecule has 0 unspecified atom stereocenters. The molecule has 0 radical (unpaired) electrons. The molecule has 1 amide bonds. The van der Waals surface area contributed by atoms with E-state index >= 15 is 0 Å². The van der Waals surface area contributed by atoms with Crippen LogP contribution in [0.15, 0.2) is 11.6 Å². The van der Waals surface area contributed by atoms with Crippen LogP contribution in [0.4, 0.5) is 0 Å². The van der Waals surface area contributed by atoms with E-state index < -0.39 is 5.95 Å². The van der Waals surface area contributed by atoms with E-state index in [1.165, 1.54) is 89.9 Å². The molecule has 0 aliphatic heterocycles. The highest BCUT2D eigenvalue weighted by molar-refractivity contribution is 5.77. The highest BCUT2D eigenvalue weighted by Gasteiger charge is 2.08. The Kier molecular flexibility index (Phi) is 18.7. The molecule has 0 aliphatic carbocycles. The highest BCUT2D eigenvalue weighted by Crippen LogP contribution is 2.15. The molecule has 0 aromatic heterocycles. The van der Waals surface area contributed by atoms with Gasteiger partial charge in [0.25, 0.3) is 5.95 Å². The molecule has 0 atom stereocenters. The first-order chi connectivity index (χ1) is 13.1. The summed E-state index contributed by atoms with van der Waals surface area (Å²) < 4.78 is 0. The number of rotatable bonds is 19. The van der Waals surface area contributed by atoms with Gasteiger partial charge in [0, 0.05) is 6.42 Å². The van der Waals surface area contributed by atoms with Gasteiger partial charge in [-0.1, -0.05) is 110 Å². The zero-order chi connectivity index (χ0) is 20.2. The van der Waals surface area contributed by atoms with Crippen molar-refractivity contribution in [1.82, 2.24) is 5.32 Å². The summed E-state index contributed by atoms with van der Waals surface area (Å²) in [6.45, 7) is 4.02. The summed E-state index contributed by atoms with van der Waals surface area (Å²) in [4.78, 5) is 11.3. The molecular weight excluding hydrogens is 338 g/mol. The maximum Gasteiger partial charge on any atom is 0.294 e. The van der Waals surface area contributed by atoms with Gasteiger partial charge in [-0.2, -0.15) is 0 Å². The second-order valence-corrected chi connectivity index (χ2v) is 7.76. The topological polar surface area (TPSA) is 69.6 Å². The van der Waals surface area contributed by atoms with E-state index in [0.717, 1.165) is 12.8 Å². The molecule has 0 saturated heterocycles. The van der Waals surface area contributed by atoms with E-state index in [1.807, 2.05) is 0 Å². The van der Waals surface area contributed by atoms with Gasteiger partial charge in [-0.05, 0) is 12.8 Å². The van der Waals surface area contributed by atoms with Gasteiger partial charge in [0.15, 0.2) is 0 Å². The zero-order valence-corrected chi connectivity index (χ0v) is 18.0. The second-order valence-electron chi connectivity index (χ2n) is 7.76. The Bertz CT molecular complexity index is 376. The van der Waals surface area contributed by atoms with Crippen LogP contribution in [0.25, 0.3) is 0 Å². The maximum atomic E-state index is 11.3. The number of carbonyl (C=O) groups is 1. The molecule has 0 fully saturated rings. The molecule has 0 aliphatic rings. The number of unbranched alkanes of at least 4 members (excludes halogenated alkanes) is 15. The fourth-order valence-corrected chi connectivity index (χ4v) is 3.34. The Morgan fingerprint density at radius 1 is 0.630 bits per heavy atom. The summed E-state index contributed by atoms with van der Waals surface area (Å²) in [5.74, 6) is -0.931. The summed E-state index contributed by atoms with van der Waals surface area (Å²) in [6, 6.07) is 0. The largest absolute Gasteiger partial charge is 0.480 e. The van der Waals surface area contributed by atoms with E-state index in [-0.39, 0.29) is 11.6 Å². The molecule has 0 bridgehead atoms. The lowest BCUT2D eigenvalue weighted by Gasteiger charge is -2.09. The van der Waals surface area contributed by atoms with Crippen LogP contribution in [0, 0.1) is 0 Å². The van der Waals surface area contributed by atoms with Crippen LogP contribution in [0.1, 0.15) is 129 Å². The smallest absolute Gasteiger partial charge is 0.294 e. The Labute approximate surface area is 167 Å². The number of carbonyl (C=O) groups excluding carboxylic acids is 1. The third-order valence-corrected chi connectivity index (χ3v) is 5.16. The number of amides is 1. The van der Waals surface area contributed by atoms with E-state index in [4.69, 9.17) is 0 Å². The van der Waals surface area contributed by atoms with Crippen molar-refractivity contribution in [2.75, 3.05) is 0 Å². The van der Waals surface area contributed by atoms with Crippen molar-refractivity contribution in [1.29, 1.82) is 0 Å². The number of hydrogen-bond acceptors (Lipinski definition) is 3. The Hall–Kier alpha value is -1.19. The van der Waals surface area contributed by atoms with Gasteiger partial charge in [0.05, 0.1) is 5.70 Å². The van der Waals surface area contributed by atoms with Gasteiger partial charge in [-0.25, -0.2) is 0 Å². The molecular formula is C23H45NO3. The first kappa shape index (κ1) is 25.8. The van der Waals surface area contributed by atoms with Gasteiger partial charge in [-0.3, -0.25) is 4.79 Å². The predicted molar refractivity (Wildman–Crippen MR) is 115 cm³/mol. The van der Waals surface area contributed by atoms with Gasteiger partial charge >= 0.3 is 0 Å². The van der Waals surface area contributed by atoms with Crippen LogP contribution < -0.4 is 5.32 Å². The van der Waals surface area contributed by atoms with Gasteiger partial charge in [0.1, 0.15) is 0 Å².